The number of nitrogens with zero attached hydrogens (tertiary/aromatic N) is 1. The molecule has 1 aromatic carbocycles. The van der Waals surface area contributed by atoms with Crippen LogP contribution in [0.15, 0.2) is 30.3 Å². The van der Waals surface area contributed by atoms with Crippen LogP contribution in [0.3, 0.4) is 0 Å². The van der Waals surface area contributed by atoms with Crippen LogP contribution in [-0.4, -0.2) is 57.6 Å². The molecule has 0 radical (unpaired) electrons. The molecule has 5 atom stereocenters. The molecule has 1 aromatic rings. The van der Waals surface area contributed by atoms with Crippen molar-refractivity contribution in [3.05, 3.63) is 35.9 Å². The van der Waals surface area contributed by atoms with Crippen LogP contribution in [0.2, 0.25) is 0 Å². The first-order chi connectivity index (χ1) is 13.9. The fraction of sp³-hybridized carbons (Fsp3) is 0.591. The normalized spacial score (nSPS) is 25.8. The highest BCUT2D eigenvalue weighted by Crippen LogP contribution is 2.40. The van der Waals surface area contributed by atoms with E-state index >= 15 is 0 Å². The molecule has 7 nitrogen and oxygen atoms in total. The molecular formula is C22H30N2O5. The molecule has 4 unspecified atom stereocenters. The van der Waals surface area contributed by atoms with Crippen molar-refractivity contribution < 1.29 is 24.6 Å². The van der Waals surface area contributed by atoms with Crippen molar-refractivity contribution in [2.45, 2.75) is 63.6 Å². The van der Waals surface area contributed by atoms with E-state index in [0.29, 0.717) is 19.4 Å². The lowest BCUT2D eigenvalue weighted by atomic mass is 9.78. The molecular weight excluding hydrogens is 372 g/mol. The van der Waals surface area contributed by atoms with E-state index in [1.54, 1.807) is 6.92 Å². The largest absolute Gasteiger partial charge is 0.480 e. The standard InChI is InChI=1S/C22H30N2O5/c1-14(23-18(21(26)27)12-11-15-7-3-2-4-8-15)20(25)24-13-16-9-5-6-10-17(16)19(24)22(28)29/h2-4,7-8,14,16-19,23H,5-6,9-13H2,1H3,(H,26,27)(H,28,29)/t14-,16?,17?,18?,19?/m0/s1. The van der Waals surface area contributed by atoms with Gasteiger partial charge in [-0.1, -0.05) is 43.2 Å². The molecule has 0 aromatic heterocycles. The van der Waals surface area contributed by atoms with Gasteiger partial charge in [-0.3, -0.25) is 14.9 Å². The molecule has 2 aliphatic rings. The Kier molecular flexibility index (Phi) is 6.90. The molecule has 1 aliphatic carbocycles. The maximum atomic E-state index is 13.0. The van der Waals surface area contributed by atoms with E-state index in [1.165, 1.54) is 4.90 Å². The van der Waals surface area contributed by atoms with Gasteiger partial charge in [0.05, 0.1) is 6.04 Å². The van der Waals surface area contributed by atoms with Crippen LogP contribution in [0.25, 0.3) is 0 Å². The van der Waals surface area contributed by atoms with Gasteiger partial charge in [-0.15, -0.1) is 0 Å². The highest BCUT2D eigenvalue weighted by atomic mass is 16.4. The monoisotopic (exact) mass is 402 g/mol. The van der Waals surface area contributed by atoms with E-state index in [-0.39, 0.29) is 17.7 Å². The first kappa shape index (κ1) is 21.3. The Morgan fingerprint density at radius 2 is 1.83 bits per heavy atom. The van der Waals surface area contributed by atoms with Crippen molar-refractivity contribution in [2.75, 3.05) is 6.54 Å². The van der Waals surface area contributed by atoms with Crippen molar-refractivity contribution in [1.82, 2.24) is 10.2 Å². The molecule has 7 heteroatoms. The number of fused-ring (bicyclic) bond motifs is 1. The van der Waals surface area contributed by atoms with E-state index in [9.17, 15) is 24.6 Å². The Labute approximate surface area is 171 Å². The van der Waals surface area contributed by atoms with Gasteiger partial charge >= 0.3 is 11.9 Å². The number of carboxylic acid groups (broad SMARTS) is 2. The lowest BCUT2D eigenvalue weighted by molar-refractivity contribution is -0.151. The van der Waals surface area contributed by atoms with E-state index in [0.717, 1.165) is 31.2 Å². The zero-order chi connectivity index (χ0) is 21.0. The minimum Gasteiger partial charge on any atom is -0.480 e. The molecule has 0 bridgehead atoms. The number of hydrogen-bond donors (Lipinski definition) is 3. The summed E-state index contributed by atoms with van der Waals surface area (Å²) in [5.74, 6) is -2.05. The van der Waals surface area contributed by atoms with Crippen molar-refractivity contribution in [1.29, 1.82) is 0 Å². The Balaban J connectivity index is 1.64. The predicted octanol–water partition coefficient (Wildman–Crippen LogP) is 2.15. The SMILES string of the molecule is C[C@H](NC(CCc1ccccc1)C(=O)O)C(=O)N1CC2CCCCC2C1C(=O)O. The smallest absolute Gasteiger partial charge is 0.326 e. The van der Waals surface area contributed by atoms with Crippen LogP contribution in [0.1, 0.15) is 44.6 Å². The lowest BCUT2D eigenvalue weighted by Gasteiger charge is -2.29. The number of aryl methyl sites for hydroxylation is 1. The molecule has 3 N–H and O–H groups in total. The van der Waals surface area contributed by atoms with Crippen LogP contribution in [0.5, 0.6) is 0 Å². The van der Waals surface area contributed by atoms with Crippen LogP contribution in [0.4, 0.5) is 0 Å². The first-order valence-corrected chi connectivity index (χ1v) is 10.4. The Morgan fingerprint density at radius 1 is 1.14 bits per heavy atom. The van der Waals surface area contributed by atoms with Gasteiger partial charge < -0.3 is 15.1 Å². The van der Waals surface area contributed by atoms with Crippen LogP contribution < -0.4 is 5.32 Å². The number of hydrogen-bond acceptors (Lipinski definition) is 4. The number of carbonyl (C=O) groups is 3. The third-order valence-corrected chi connectivity index (χ3v) is 6.36. The van der Waals surface area contributed by atoms with Crippen molar-refractivity contribution >= 4 is 17.8 Å². The number of nitrogens with one attached hydrogen (secondary N) is 1. The number of amides is 1. The molecule has 2 fully saturated rings. The summed E-state index contributed by atoms with van der Waals surface area (Å²) in [4.78, 5) is 38.1. The second-order valence-electron chi connectivity index (χ2n) is 8.29. The molecule has 0 spiro atoms. The molecule has 1 saturated carbocycles. The van der Waals surface area contributed by atoms with Gasteiger partial charge in [-0.25, -0.2) is 4.79 Å². The summed E-state index contributed by atoms with van der Waals surface area (Å²) in [7, 11) is 0. The van der Waals surface area contributed by atoms with Gasteiger partial charge in [0.25, 0.3) is 0 Å². The second-order valence-corrected chi connectivity index (χ2v) is 8.29. The summed E-state index contributed by atoms with van der Waals surface area (Å²) >= 11 is 0. The maximum Gasteiger partial charge on any atom is 0.326 e. The van der Waals surface area contributed by atoms with Crippen molar-refractivity contribution in [2.24, 2.45) is 11.8 Å². The lowest BCUT2D eigenvalue weighted by Crippen LogP contribution is -2.53. The summed E-state index contributed by atoms with van der Waals surface area (Å²) in [6.45, 7) is 2.08. The summed E-state index contributed by atoms with van der Waals surface area (Å²) in [6.07, 6.45) is 4.80. The average molecular weight is 402 g/mol. The predicted molar refractivity (Wildman–Crippen MR) is 107 cm³/mol. The zero-order valence-corrected chi connectivity index (χ0v) is 16.8. The highest BCUT2D eigenvalue weighted by Gasteiger charge is 2.49. The van der Waals surface area contributed by atoms with E-state index in [4.69, 9.17) is 0 Å². The van der Waals surface area contributed by atoms with Gasteiger partial charge in [0, 0.05) is 6.54 Å². The second kappa shape index (κ2) is 9.39. The van der Waals surface area contributed by atoms with Crippen LogP contribution >= 0.6 is 0 Å². The first-order valence-electron chi connectivity index (χ1n) is 10.4. The topological polar surface area (TPSA) is 107 Å². The van der Waals surface area contributed by atoms with E-state index in [2.05, 4.69) is 5.32 Å². The number of aliphatic carboxylic acids is 2. The van der Waals surface area contributed by atoms with Crippen molar-refractivity contribution in [3.8, 4) is 0 Å². The fourth-order valence-electron chi connectivity index (χ4n) is 4.88. The molecule has 3 rings (SSSR count). The zero-order valence-electron chi connectivity index (χ0n) is 16.8. The fourth-order valence-corrected chi connectivity index (χ4v) is 4.88. The minimum absolute atomic E-state index is 0.00533. The van der Waals surface area contributed by atoms with Gasteiger partial charge in [0.1, 0.15) is 12.1 Å². The number of carbonyl (C=O) groups excluding carboxylic acids is 1. The highest BCUT2D eigenvalue weighted by molar-refractivity contribution is 5.88. The molecule has 158 valence electrons. The van der Waals surface area contributed by atoms with E-state index < -0.39 is 30.1 Å². The number of likely N-dealkylation sites (tertiary alicyclic amines) is 1. The molecule has 1 heterocycles. The third kappa shape index (κ3) is 4.96. The summed E-state index contributed by atoms with van der Waals surface area (Å²) in [5, 5.41) is 22.2. The Bertz CT molecular complexity index is 738. The number of carboxylic acids is 2. The third-order valence-electron chi connectivity index (χ3n) is 6.36. The summed E-state index contributed by atoms with van der Waals surface area (Å²) in [6, 6.07) is 7.17. The number of benzene rings is 1. The quantitative estimate of drug-likeness (QED) is 0.615. The average Bonchev–Trinajstić information content (AvgIpc) is 3.10. The van der Waals surface area contributed by atoms with Gasteiger partial charge in [0.2, 0.25) is 5.91 Å². The van der Waals surface area contributed by atoms with Crippen molar-refractivity contribution in [3.63, 3.8) is 0 Å². The molecule has 1 amide bonds. The van der Waals surface area contributed by atoms with Crippen LogP contribution in [-0.2, 0) is 20.8 Å². The maximum absolute atomic E-state index is 13.0. The van der Waals surface area contributed by atoms with Gasteiger partial charge in [0.15, 0.2) is 0 Å². The summed E-state index contributed by atoms with van der Waals surface area (Å²) < 4.78 is 0. The van der Waals surface area contributed by atoms with E-state index in [1.807, 2.05) is 30.3 Å². The molecule has 29 heavy (non-hydrogen) atoms. The van der Waals surface area contributed by atoms with Gasteiger partial charge in [-0.05, 0) is 50.0 Å². The Morgan fingerprint density at radius 3 is 2.48 bits per heavy atom. The molecule has 1 saturated heterocycles. The van der Waals surface area contributed by atoms with Gasteiger partial charge in [-0.2, -0.15) is 0 Å². The minimum atomic E-state index is -1.01. The molecule has 1 aliphatic heterocycles. The Hall–Kier alpha value is -2.41. The number of rotatable bonds is 8. The van der Waals surface area contributed by atoms with Crippen LogP contribution in [0, 0.1) is 11.8 Å². The summed E-state index contributed by atoms with van der Waals surface area (Å²) in [5.41, 5.74) is 1.04.